The highest BCUT2D eigenvalue weighted by atomic mass is 32.2. The number of nitrogens with one attached hydrogen (secondary N) is 1. The molecule has 1 heterocycles. The predicted octanol–water partition coefficient (Wildman–Crippen LogP) is 2.12. The molecule has 2 aromatic rings. The Morgan fingerprint density at radius 2 is 1.86 bits per heavy atom. The minimum atomic E-state index is -3.37. The molecule has 0 spiro atoms. The summed E-state index contributed by atoms with van der Waals surface area (Å²) in [5, 5.41) is 0. The van der Waals surface area contributed by atoms with Gasteiger partial charge in [0, 0.05) is 11.8 Å². The topological polar surface area (TPSA) is 75.7 Å². The Balaban J connectivity index is 2.03. The fraction of sp³-hybridized carbons (Fsp3) is 0.133. The van der Waals surface area contributed by atoms with Gasteiger partial charge in [0.05, 0.1) is 17.6 Å². The molecule has 7 heteroatoms. The van der Waals surface area contributed by atoms with E-state index in [1.807, 2.05) is 30.3 Å². The Morgan fingerprint density at radius 3 is 2.55 bits per heavy atom. The Labute approximate surface area is 128 Å². The van der Waals surface area contributed by atoms with Crippen LogP contribution in [0.1, 0.15) is 0 Å². The number of hydrogen-bond donors (Lipinski definition) is 1. The van der Waals surface area contributed by atoms with Gasteiger partial charge in [-0.05, 0) is 24.3 Å². The molecule has 6 nitrogen and oxygen atoms in total. The molecule has 0 unspecified atom stereocenters. The van der Waals surface area contributed by atoms with Gasteiger partial charge in [-0.2, -0.15) is 0 Å². The van der Waals surface area contributed by atoms with Gasteiger partial charge in [-0.15, -0.1) is 0 Å². The number of nitrogens with zero attached hydrogens (tertiary/aromatic N) is 1. The number of benzene rings is 2. The van der Waals surface area contributed by atoms with Crippen molar-refractivity contribution >= 4 is 33.0 Å². The number of fused-ring (bicyclic) bond motifs is 1. The first-order valence-electron chi connectivity index (χ1n) is 6.57. The second-order valence-electron chi connectivity index (χ2n) is 4.91. The number of ether oxygens (including phenoxy) is 1. The van der Waals surface area contributed by atoms with E-state index in [1.165, 1.54) is 0 Å². The lowest BCUT2D eigenvalue weighted by Crippen LogP contribution is -2.35. The van der Waals surface area contributed by atoms with Gasteiger partial charge >= 0.3 is 0 Å². The average Bonchev–Trinajstić information content (AvgIpc) is 2.46. The van der Waals surface area contributed by atoms with E-state index in [0.717, 1.165) is 11.9 Å². The molecule has 1 amide bonds. The number of amides is 1. The number of anilines is 3. The fourth-order valence-corrected chi connectivity index (χ4v) is 2.85. The van der Waals surface area contributed by atoms with Crippen LogP contribution in [0.4, 0.5) is 17.1 Å². The van der Waals surface area contributed by atoms with Gasteiger partial charge in [0.1, 0.15) is 5.75 Å². The fourth-order valence-electron chi connectivity index (χ4n) is 2.29. The second-order valence-corrected chi connectivity index (χ2v) is 6.66. The van der Waals surface area contributed by atoms with Crippen LogP contribution in [-0.2, 0) is 14.8 Å². The van der Waals surface area contributed by atoms with E-state index in [1.54, 1.807) is 23.1 Å². The molecule has 114 valence electrons. The van der Waals surface area contributed by atoms with Crippen LogP contribution in [0.2, 0.25) is 0 Å². The van der Waals surface area contributed by atoms with E-state index in [4.69, 9.17) is 4.74 Å². The molecular weight excluding hydrogens is 304 g/mol. The maximum absolute atomic E-state index is 12.2. The van der Waals surface area contributed by atoms with Crippen molar-refractivity contribution < 1.29 is 17.9 Å². The molecule has 1 aliphatic heterocycles. The van der Waals surface area contributed by atoms with Gasteiger partial charge in [-0.1, -0.05) is 18.2 Å². The smallest absolute Gasteiger partial charge is 0.269 e. The molecule has 22 heavy (non-hydrogen) atoms. The Hall–Kier alpha value is -2.54. The SMILES string of the molecule is CS(=O)(=O)Nc1ccc2c(c1)OCC(=O)N2c1ccccc1. The van der Waals surface area contributed by atoms with Gasteiger partial charge in [0.25, 0.3) is 5.91 Å². The Morgan fingerprint density at radius 1 is 1.14 bits per heavy atom. The lowest BCUT2D eigenvalue weighted by atomic mass is 10.2. The van der Waals surface area contributed by atoms with Crippen molar-refractivity contribution in [2.45, 2.75) is 0 Å². The standard InChI is InChI=1S/C15H14N2O4S/c1-22(19,20)16-11-7-8-13-14(9-11)21-10-15(18)17(13)12-5-3-2-4-6-12/h2-9,16H,10H2,1H3. The zero-order chi connectivity index (χ0) is 15.7. The van der Waals surface area contributed by atoms with E-state index in [-0.39, 0.29) is 12.5 Å². The molecule has 0 radical (unpaired) electrons. The van der Waals surface area contributed by atoms with E-state index in [2.05, 4.69) is 4.72 Å². The minimum Gasteiger partial charge on any atom is -0.481 e. The molecule has 0 saturated heterocycles. The number of sulfonamides is 1. The predicted molar refractivity (Wildman–Crippen MR) is 84.0 cm³/mol. The van der Waals surface area contributed by atoms with Crippen LogP contribution in [-0.4, -0.2) is 27.2 Å². The van der Waals surface area contributed by atoms with Gasteiger partial charge in [0.2, 0.25) is 10.0 Å². The third-order valence-corrected chi connectivity index (χ3v) is 3.73. The van der Waals surface area contributed by atoms with Gasteiger partial charge in [-0.3, -0.25) is 14.4 Å². The molecule has 0 saturated carbocycles. The summed E-state index contributed by atoms with van der Waals surface area (Å²) in [5.41, 5.74) is 1.71. The van der Waals surface area contributed by atoms with Gasteiger partial charge in [-0.25, -0.2) is 8.42 Å². The second kappa shape index (κ2) is 5.34. The summed E-state index contributed by atoms with van der Waals surface area (Å²) in [5.74, 6) is 0.277. The summed E-state index contributed by atoms with van der Waals surface area (Å²) in [6.45, 7) is -0.0930. The third-order valence-electron chi connectivity index (χ3n) is 3.12. The minimum absolute atomic E-state index is 0.0930. The van der Waals surface area contributed by atoms with E-state index < -0.39 is 10.0 Å². The normalized spacial score (nSPS) is 14.2. The zero-order valence-electron chi connectivity index (χ0n) is 11.8. The molecule has 0 aromatic heterocycles. The first-order valence-corrected chi connectivity index (χ1v) is 8.46. The molecule has 3 rings (SSSR count). The highest BCUT2D eigenvalue weighted by Gasteiger charge is 2.27. The van der Waals surface area contributed by atoms with Crippen LogP contribution >= 0.6 is 0 Å². The Bertz CT molecular complexity index is 819. The summed E-state index contributed by atoms with van der Waals surface area (Å²) < 4.78 is 30.4. The number of rotatable bonds is 3. The zero-order valence-corrected chi connectivity index (χ0v) is 12.6. The first kappa shape index (κ1) is 14.4. The van der Waals surface area contributed by atoms with E-state index in [9.17, 15) is 13.2 Å². The summed E-state index contributed by atoms with van der Waals surface area (Å²) in [6, 6.07) is 14.0. The summed E-state index contributed by atoms with van der Waals surface area (Å²) in [7, 11) is -3.37. The van der Waals surface area contributed by atoms with Crippen LogP contribution in [0.5, 0.6) is 5.75 Å². The molecule has 1 N–H and O–H groups in total. The van der Waals surface area contributed by atoms with Crippen molar-refractivity contribution in [3.63, 3.8) is 0 Å². The third kappa shape index (κ3) is 2.89. The summed E-state index contributed by atoms with van der Waals surface area (Å²) in [6.07, 6.45) is 1.08. The monoisotopic (exact) mass is 318 g/mol. The highest BCUT2D eigenvalue weighted by molar-refractivity contribution is 7.92. The van der Waals surface area contributed by atoms with E-state index >= 15 is 0 Å². The molecular formula is C15H14N2O4S. The number of hydrogen-bond acceptors (Lipinski definition) is 4. The van der Waals surface area contributed by atoms with Crippen molar-refractivity contribution in [3.8, 4) is 5.75 Å². The number of carbonyl (C=O) groups excluding carboxylic acids is 1. The van der Waals surface area contributed by atoms with Crippen LogP contribution in [0, 0.1) is 0 Å². The molecule has 0 aliphatic carbocycles. The van der Waals surface area contributed by atoms with Crippen LogP contribution < -0.4 is 14.4 Å². The maximum atomic E-state index is 12.2. The van der Waals surface area contributed by atoms with E-state index in [0.29, 0.717) is 17.1 Å². The van der Waals surface area contributed by atoms with Crippen LogP contribution in [0.3, 0.4) is 0 Å². The summed E-state index contributed by atoms with van der Waals surface area (Å²) in [4.78, 5) is 13.7. The molecule has 1 aliphatic rings. The van der Waals surface area contributed by atoms with Crippen molar-refractivity contribution in [1.29, 1.82) is 0 Å². The molecule has 0 fully saturated rings. The van der Waals surface area contributed by atoms with Crippen molar-refractivity contribution in [2.75, 3.05) is 22.5 Å². The number of carbonyl (C=O) groups is 1. The van der Waals surface area contributed by atoms with Gasteiger partial charge < -0.3 is 4.74 Å². The van der Waals surface area contributed by atoms with Crippen molar-refractivity contribution in [3.05, 3.63) is 48.5 Å². The lowest BCUT2D eigenvalue weighted by Gasteiger charge is -2.29. The molecule has 0 atom stereocenters. The van der Waals surface area contributed by atoms with Crippen LogP contribution in [0.15, 0.2) is 48.5 Å². The Kier molecular flexibility index (Phi) is 3.50. The largest absolute Gasteiger partial charge is 0.481 e. The highest BCUT2D eigenvalue weighted by Crippen LogP contribution is 2.38. The van der Waals surface area contributed by atoms with Crippen molar-refractivity contribution in [1.82, 2.24) is 0 Å². The summed E-state index contributed by atoms with van der Waals surface area (Å²) >= 11 is 0. The van der Waals surface area contributed by atoms with Gasteiger partial charge in [0.15, 0.2) is 6.61 Å². The quantitative estimate of drug-likeness (QED) is 0.940. The molecule has 2 aromatic carbocycles. The van der Waals surface area contributed by atoms with Crippen LogP contribution in [0.25, 0.3) is 0 Å². The lowest BCUT2D eigenvalue weighted by molar-refractivity contribution is -0.120. The first-order chi connectivity index (χ1) is 10.4. The number of para-hydroxylation sites is 1. The average molecular weight is 318 g/mol. The maximum Gasteiger partial charge on any atom is 0.269 e. The molecule has 0 bridgehead atoms. The van der Waals surface area contributed by atoms with Crippen molar-refractivity contribution in [2.24, 2.45) is 0 Å².